The molecule has 5 unspecified atom stereocenters. The van der Waals surface area contributed by atoms with Gasteiger partial charge in [0, 0.05) is 5.69 Å². The van der Waals surface area contributed by atoms with Crippen molar-refractivity contribution in [1.29, 1.82) is 0 Å². The summed E-state index contributed by atoms with van der Waals surface area (Å²) in [6.07, 6.45) is -9.03. The largest absolute Gasteiger partial charge is 0.479 e. The minimum Gasteiger partial charge on any atom is -0.479 e. The van der Waals surface area contributed by atoms with Gasteiger partial charge in [-0.15, -0.1) is 0 Å². The number of carboxylic acid groups (broad SMARTS) is 1. The van der Waals surface area contributed by atoms with Crippen LogP contribution in [0.15, 0.2) is 24.3 Å². The van der Waals surface area contributed by atoms with E-state index in [0.717, 1.165) is 0 Å². The Labute approximate surface area is 124 Å². The molecule has 0 saturated carbocycles. The number of carbonyl (C=O) groups excluding carboxylic acids is 1. The zero-order chi connectivity index (χ0) is 16.4. The van der Waals surface area contributed by atoms with E-state index in [9.17, 15) is 24.9 Å². The first-order valence-corrected chi connectivity index (χ1v) is 6.30. The minimum absolute atomic E-state index is 0.0949. The zero-order valence-corrected chi connectivity index (χ0v) is 11.2. The Hall–Kier alpha value is -2.20. The van der Waals surface area contributed by atoms with Crippen molar-refractivity contribution in [3.05, 3.63) is 29.8 Å². The van der Waals surface area contributed by atoms with Crippen molar-refractivity contribution in [2.24, 2.45) is 0 Å². The van der Waals surface area contributed by atoms with Crippen molar-refractivity contribution < 1.29 is 39.5 Å². The Kier molecular flexibility index (Phi) is 4.62. The molecule has 6 N–H and O–H groups in total. The molecule has 1 aliphatic heterocycles. The van der Waals surface area contributed by atoms with Crippen LogP contribution in [-0.4, -0.2) is 63.1 Å². The minimum atomic E-state index is -1.85. The molecule has 0 spiro atoms. The van der Waals surface area contributed by atoms with Gasteiger partial charge in [0.05, 0.1) is 5.56 Å². The summed E-state index contributed by atoms with van der Waals surface area (Å²) in [5, 5.41) is 37.7. The molecule has 0 radical (unpaired) electrons. The van der Waals surface area contributed by atoms with Crippen LogP contribution in [0.5, 0.6) is 0 Å². The number of carbonyl (C=O) groups is 2. The first-order valence-electron chi connectivity index (χ1n) is 6.30. The number of esters is 1. The van der Waals surface area contributed by atoms with Crippen molar-refractivity contribution in [3.8, 4) is 0 Å². The highest BCUT2D eigenvalue weighted by Crippen LogP contribution is 2.23. The summed E-state index contributed by atoms with van der Waals surface area (Å²) < 4.78 is 9.67. The zero-order valence-electron chi connectivity index (χ0n) is 11.2. The van der Waals surface area contributed by atoms with E-state index in [-0.39, 0.29) is 5.56 Å². The lowest BCUT2D eigenvalue weighted by molar-refractivity contribution is -0.278. The predicted octanol–water partition coefficient (Wildman–Crippen LogP) is -1.68. The molecular formula is C13H15NO8. The maximum absolute atomic E-state index is 11.9. The molecule has 1 fully saturated rings. The molecule has 1 aliphatic rings. The summed E-state index contributed by atoms with van der Waals surface area (Å²) in [4.78, 5) is 22.8. The number of nitrogens with two attached hydrogens (primary N) is 1. The van der Waals surface area contributed by atoms with Gasteiger partial charge in [0.2, 0.25) is 6.29 Å². The summed E-state index contributed by atoms with van der Waals surface area (Å²) in [6, 6.07) is 5.64. The van der Waals surface area contributed by atoms with Gasteiger partial charge in [-0.3, -0.25) is 0 Å². The van der Waals surface area contributed by atoms with Gasteiger partial charge in [0.25, 0.3) is 0 Å². The molecule has 1 aromatic rings. The van der Waals surface area contributed by atoms with Gasteiger partial charge < -0.3 is 35.6 Å². The normalized spacial score (nSPS) is 31.5. The number of benzene rings is 1. The Morgan fingerprint density at radius 3 is 2.18 bits per heavy atom. The third-order valence-electron chi connectivity index (χ3n) is 3.18. The van der Waals surface area contributed by atoms with Gasteiger partial charge in [-0.05, 0) is 24.3 Å². The molecular weight excluding hydrogens is 298 g/mol. The van der Waals surface area contributed by atoms with Crippen LogP contribution < -0.4 is 5.73 Å². The maximum Gasteiger partial charge on any atom is 0.340 e. The maximum atomic E-state index is 11.9. The molecule has 1 heterocycles. The molecule has 5 atom stereocenters. The van der Waals surface area contributed by atoms with Crippen molar-refractivity contribution in [2.45, 2.75) is 30.7 Å². The lowest BCUT2D eigenvalue weighted by Gasteiger charge is -2.37. The number of aliphatic hydroxyl groups is 3. The summed E-state index contributed by atoms with van der Waals surface area (Å²) in [6.45, 7) is 0. The molecule has 9 nitrogen and oxygen atoms in total. The van der Waals surface area contributed by atoms with E-state index in [1.54, 1.807) is 0 Å². The molecule has 0 aliphatic carbocycles. The van der Waals surface area contributed by atoms with Crippen LogP contribution in [0.4, 0.5) is 5.69 Å². The van der Waals surface area contributed by atoms with Crippen molar-refractivity contribution in [1.82, 2.24) is 0 Å². The van der Waals surface area contributed by atoms with Gasteiger partial charge in [-0.2, -0.15) is 0 Å². The third-order valence-corrected chi connectivity index (χ3v) is 3.18. The topological polar surface area (TPSA) is 160 Å². The Bertz CT molecular complexity index is 560. The fraction of sp³-hybridized carbons (Fsp3) is 0.385. The van der Waals surface area contributed by atoms with E-state index in [1.807, 2.05) is 0 Å². The van der Waals surface area contributed by atoms with Crippen LogP contribution >= 0.6 is 0 Å². The van der Waals surface area contributed by atoms with Gasteiger partial charge in [-0.25, -0.2) is 9.59 Å². The van der Waals surface area contributed by atoms with E-state index >= 15 is 0 Å². The van der Waals surface area contributed by atoms with Gasteiger partial charge >= 0.3 is 11.9 Å². The molecule has 1 aromatic carbocycles. The van der Waals surface area contributed by atoms with Crippen molar-refractivity contribution in [2.75, 3.05) is 5.73 Å². The molecule has 120 valence electrons. The Balaban J connectivity index is 2.12. The first kappa shape index (κ1) is 16.2. The van der Waals surface area contributed by atoms with Crippen LogP contribution in [0, 0.1) is 0 Å². The third kappa shape index (κ3) is 3.17. The number of anilines is 1. The van der Waals surface area contributed by atoms with E-state index in [1.165, 1.54) is 24.3 Å². The second-order valence-electron chi connectivity index (χ2n) is 4.76. The van der Waals surface area contributed by atoms with E-state index in [4.69, 9.17) is 20.3 Å². The number of aliphatic hydroxyl groups excluding tert-OH is 3. The number of hydrogen-bond donors (Lipinski definition) is 5. The SMILES string of the molecule is Nc1ccc(C(=O)OC2OC(C(=O)O)C(O)C(O)C2O)cc1. The average molecular weight is 313 g/mol. The smallest absolute Gasteiger partial charge is 0.340 e. The highest BCUT2D eigenvalue weighted by Gasteiger charge is 2.48. The molecule has 1 saturated heterocycles. The quantitative estimate of drug-likeness (QED) is 0.324. The average Bonchev–Trinajstić information content (AvgIpc) is 2.48. The van der Waals surface area contributed by atoms with Gasteiger partial charge in [0.1, 0.15) is 18.3 Å². The fourth-order valence-electron chi connectivity index (χ4n) is 1.94. The van der Waals surface area contributed by atoms with E-state index < -0.39 is 42.6 Å². The molecule has 9 heteroatoms. The second-order valence-corrected chi connectivity index (χ2v) is 4.76. The number of hydrogen-bond acceptors (Lipinski definition) is 8. The number of nitrogen functional groups attached to an aromatic ring is 1. The Morgan fingerprint density at radius 1 is 1.05 bits per heavy atom. The number of carboxylic acids is 1. The standard InChI is InChI=1S/C13H15NO8/c14-6-3-1-5(2-4-6)12(20)22-13-9(17)7(15)8(16)10(21-13)11(18)19/h1-4,7-10,13,15-17H,14H2,(H,18,19). The van der Waals surface area contributed by atoms with Gasteiger partial charge in [0.15, 0.2) is 6.10 Å². The van der Waals surface area contributed by atoms with Crippen LogP contribution in [0.1, 0.15) is 10.4 Å². The summed E-state index contributed by atoms with van der Waals surface area (Å²) in [7, 11) is 0. The van der Waals surface area contributed by atoms with Crippen molar-refractivity contribution >= 4 is 17.6 Å². The summed E-state index contributed by atoms with van der Waals surface area (Å²) in [5.41, 5.74) is 6.00. The fourth-order valence-corrected chi connectivity index (χ4v) is 1.94. The number of aliphatic carboxylic acids is 1. The second kappa shape index (κ2) is 6.28. The van der Waals surface area contributed by atoms with Crippen molar-refractivity contribution in [3.63, 3.8) is 0 Å². The van der Waals surface area contributed by atoms with E-state index in [0.29, 0.717) is 5.69 Å². The molecule has 22 heavy (non-hydrogen) atoms. The molecule has 0 amide bonds. The van der Waals surface area contributed by atoms with Crippen LogP contribution in [-0.2, 0) is 14.3 Å². The molecule has 2 rings (SSSR count). The van der Waals surface area contributed by atoms with Crippen LogP contribution in [0.3, 0.4) is 0 Å². The predicted molar refractivity (Wildman–Crippen MR) is 70.6 cm³/mol. The Morgan fingerprint density at radius 2 is 1.64 bits per heavy atom. The lowest BCUT2D eigenvalue weighted by atomic mass is 9.99. The van der Waals surface area contributed by atoms with Gasteiger partial charge in [-0.1, -0.05) is 0 Å². The van der Waals surface area contributed by atoms with E-state index in [2.05, 4.69) is 0 Å². The number of rotatable bonds is 3. The highest BCUT2D eigenvalue weighted by molar-refractivity contribution is 5.89. The molecule has 0 aromatic heterocycles. The van der Waals surface area contributed by atoms with Crippen LogP contribution in [0.25, 0.3) is 0 Å². The lowest BCUT2D eigenvalue weighted by Crippen LogP contribution is -2.60. The number of ether oxygens (including phenoxy) is 2. The summed E-state index contributed by atoms with van der Waals surface area (Å²) >= 11 is 0. The highest BCUT2D eigenvalue weighted by atomic mass is 16.7. The van der Waals surface area contributed by atoms with Crippen LogP contribution in [0.2, 0.25) is 0 Å². The first-order chi connectivity index (χ1) is 10.3. The monoisotopic (exact) mass is 313 g/mol. The molecule has 0 bridgehead atoms. The summed E-state index contributed by atoms with van der Waals surface area (Å²) in [5.74, 6) is -2.47.